The normalized spacial score (nSPS) is 22.9. The summed E-state index contributed by atoms with van der Waals surface area (Å²) in [7, 11) is 0. The average Bonchev–Trinajstić information content (AvgIpc) is 3.16. The van der Waals surface area contributed by atoms with Crippen LogP contribution in [0.5, 0.6) is 0 Å². The van der Waals surface area contributed by atoms with Crippen molar-refractivity contribution < 1.29 is 14.7 Å². The van der Waals surface area contributed by atoms with Crippen LogP contribution in [-0.2, 0) is 10.2 Å². The number of anilines is 1. The molecule has 0 bridgehead atoms. The van der Waals surface area contributed by atoms with E-state index in [1.165, 1.54) is 0 Å². The molecular weight excluding hydrogens is 268 g/mol. The van der Waals surface area contributed by atoms with E-state index in [0.29, 0.717) is 18.5 Å². The molecule has 0 radical (unpaired) electrons. The number of carbonyl (C=O) groups is 2. The summed E-state index contributed by atoms with van der Waals surface area (Å²) in [5.74, 6) is -0.759. The molecule has 21 heavy (non-hydrogen) atoms. The zero-order valence-electron chi connectivity index (χ0n) is 12.1. The van der Waals surface area contributed by atoms with Gasteiger partial charge in [-0.15, -0.1) is 0 Å². The first-order valence-electron chi connectivity index (χ1n) is 7.44. The highest BCUT2D eigenvalue weighted by Crippen LogP contribution is 2.48. The summed E-state index contributed by atoms with van der Waals surface area (Å²) in [4.78, 5) is 25.3. The summed E-state index contributed by atoms with van der Waals surface area (Å²) in [5, 5.41) is 12.2. The number of aliphatic carboxylic acids is 1. The molecule has 5 nitrogen and oxygen atoms in total. The average molecular weight is 288 g/mol. The van der Waals surface area contributed by atoms with Gasteiger partial charge < -0.3 is 15.3 Å². The molecule has 5 heteroatoms. The van der Waals surface area contributed by atoms with Gasteiger partial charge >= 0.3 is 12.0 Å². The summed E-state index contributed by atoms with van der Waals surface area (Å²) in [6.07, 6.45) is 3.49. The second kappa shape index (κ2) is 5.06. The van der Waals surface area contributed by atoms with E-state index < -0.39 is 11.4 Å². The van der Waals surface area contributed by atoms with Crippen molar-refractivity contribution in [1.29, 1.82) is 0 Å². The monoisotopic (exact) mass is 288 g/mol. The lowest BCUT2D eigenvalue weighted by Gasteiger charge is -2.22. The molecule has 3 rings (SSSR count). The zero-order chi connectivity index (χ0) is 15.0. The molecule has 1 aromatic carbocycles. The van der Waals surface area contributed by atoms with E-state index in [2.05, 4.69) is 12.2 Å². The minimum Gasteiger partial charge on any atom is -0.481 e. The number of nitrogens with zero attached hydrogens (tertiary/aromatic N) is 1. The maximum absolute atomic E-state index is 12.1. The lowest BCUT2D eigenvalue weighted by molar-refractivity contribution is -0.140. The van der Waals surface area contributed by atoms with Gasteiger partial charge in [0, 0.05) is 18.3 Å². The maximum Gasteiger partial charge on any atom is 0.322 e. The molecule has 1 atom stereocenters. The van der Waals surface area contributed by atoms with E-state index in [1.807, 2.05) is 17.0 Å². The van der Waals surface area contributed by atoms with Crippen molar-refractivity contribution in [2.24, 2.45) is 0 Å². The first kappa shape index (κ1) is 13.9. The number of nitrogens with one attached hydrogen (secondary N) is 1. The third-order valence-corrected chi connectivity index (χ3v) is 4.66. The van der Waals surface area contributed by atoms with Crippen LogP contribution >= 0.6 is 0 Å². The van der Waals surface area contributed by atoms with E-state index in [4.69, 9.17) is 0 Å². The molecule has 1 unspecified atom stereocenters. The van der Waals surface area contributed by atoms with Crippen LogP contribution < -0.4 is 5.32 Å². The van der Waals surface area contributed by atoms with Gasteiger partial charge in [-0.3, -0.25) is 4.79 Å². The number of urea groups is 1. The molecule has 1 aromatic rings. The van der Waals surface area contributed by atoms with Gasteiger partial charge in [0.2, 0.25) is 0 Å². The van der Waals surface area contributed by atoms with Gasteiger partial charge in [-0.25, -0.2) is 4.79 Å². The Balaban J connectivity index is 1.68. The molecule has 0 spiro atoms. The molecule has 1 aliphatic heterocycles. The van der Waals surface area contributed by atoms with Crippen LogP contribution in [-0.4, -0.2) is 34.6 Å². The summed E-state index contributed by atoms with van der Waals surface area (Å²) in [5.41, 5.74) is 0.845. The maximum atomic E-state index is 12.1. The molecule has 1 saturated heterocycles. The zero-order valence-corrected chi connectivity index (χ0v) is 12.1. The molecular formula is C16H20N2O3. The second-order valence-corrected chi connectivity index (χ2v) is 6.08. The van der Waals surface area contributed by atoms with Crippen LogP contribution in [0.25, 0.3) is 0 Å². The summed E-state index contributed by atoms with van der Waals surface area (Å²) < 4.78 is 0. The minimum absolute atomic E-state index is 0.0767. The third-order valence-electron chi connectivity index (χ3n) is 4.66. The molecule has 2 N–H and O–H groups in total. The van der Waals surface area contributed by atoms with E-state index in [9.17, 15) is 14.7 Å². The Morgan fingerprint density at radius 2 is 1.95 bits per heavy atom. The summed E-state index contributed by atoms with van der Waals surface area (Å²) in [6, 6.07) is 7.40. The highest BCUT2D eigenvalue weighted by atomic mass is 16.4. The Labute approximate surface area is 123 Å². The number of carboxylic acids is 1. The largest absolute Gasteiger partial charge is 0.481 e. The Morgan fingerprint density at radius 1 is 1.29 bits per heavy atom. The quantitative estimate of drug-likeness (QED) is 0.898. The second-order valence-electron chi connectivity index (χ2n) is 6.08. The van der Waals surface area contributed by atoms with Gasteiger partial charge in [-0.2, -0.15) is 0 Å². The van der Waals surface area contributed by atoms with E-state index in [-0.39, 0.29) is 12.1 Å². The minimum atomic E-state index is -0.759. The lowest BCUT2D eigenvalue weighted by Crippen LogP contribution is -2.37. The van der Waals surface area contributed by atoms with E-state index in [1.54, 1.807) is 12.1 Å². The van der Waals surface area contributed by atoms with Crippen LogP contribution in [0.1, 0.15) is 38.2 Å². The van der Waals surface area contributed by atoms with Gasteiger partial charge in [-0.05, 0) is 50.3 Å². The number of carboxylic acid groups (broad SMARTS) is 1. The molecule has 112 valence electrons. The number of benzene rings is 1. The highest BCUT2D eigenvalue weighted by Gasteiger charge is 2.51. The van der Waals surface area contributed by atoms with Crippen LogP contribution in [0.3, 0.4) is 0 Å². The number of hydrogen-bond donors (Lipinski definition) is 2. The van der Waals surface area contributed by atoms with E-state index in [0.717, 1.165) is 24.9 Å². The van der Waals surface area contributed by atoms with Gasteiger partial charge in [0.1, 0.15) is 0 Å². The Morgan fingerprint density at radius 3 is 2.43 bits per heavy atom. The molecule has 1 aliphatic carbocycles. The van der Waals surface area contributed by atoms with Gasteiger partial charge in [0.25, 0.3) is 0 Å². The standard InChI is InChI=1S/C16H20N2O3/c1-11-3-2-10-18(11)15(21)17-13-6-4-12(5-7-13)16(8-9-16)14(19)20/h4-7,11H,2-3,8-10H2,1H3,(H,17,21)(H,19,20). The molecule has 1 saturated carbocycles. The first-order valence-corrected chi connectivity index (χ1v) is 7.44. The summed E-state index contributed by atoms with van der Waals surface area (Å²) >= 11 is 0. The van der Waals surface area contributed by atoms with Crippen LogP contribution in [0.4, 0.5) is 10.5 Å². The topological polar surface area (TPSA) is 69.6 Å². The number of hydrogen-bond acceptors (Lipinski definition) is 2. The molecule has 2 aliphatic rings. The highest BCUT2D eigenvalue weighted by molar-refractivity contribution is 5.90. The van der Waals surface area contributed by atoms with Crippen molar-refractivity contribution in [2.45, 2.75) is 44.1 Å². The fourth-order valence-electron chi connectivity index (χ4n) is 3.05. The fourth-order valence-corrected chi connectivity index (χ4v) is 3.05. The van der Waals surface area contributed by atoms with Gasteiger partial charge in [0.05, 0.1) is 5.41 Å². The third kappa shape index (κ3) is 2.48. The molecule has 1 heterocycles. The van der Waals surface area contributed by atoms with Crippen molar-refractivity contribution in [1.82, 2.24) is 4.90 Å². The molecule has 0 aromatic heterocycles. The SMILES string of the molecule is CC1CCCN1C(=O)Nc1ccc(C2(C(=O)O)CC2)cc1. The van der Waals surface area contributed by atoms with Crippen molar-refractivity contribution in [3.05, 3.63) is 29.8 Å². The number of amides is 2. The van der Waals surface area contributed by atoms with Gasteiger partial charge in [-0.1, -0.05) is 12.1 Å². The Kier molecular flexibility index (Phi) is 3.35. The van der Waals surface area contributed by atoms with Crippen LogP contribution in [0.15, 0.2) is 24.3 Å². The first-order chi connectivity index (χ1) is 10.0. The fraction of sp³-hybridized carbons (Fsp3) is 0.500. The van der Waals surface area contributed by atoms with Crippen molar-refractivity contribution in [3.8, 4) is 0 Å². The van der Waals surface area contributed by atoms with Crippen molar-refractivity contribution >= 4 is 17.7 Å². The molecule has 2 amide bonds. The number of carbonyl (C=O) groups excluding carboxylic acids is 1. The van der Waals surface area contributed by atoms with Crippen LogP contribution in [0, 0.1) is 0 Å². The Bertz CT molecular complexity index is 563. The Hall–Kier alpha value is -2.04. The molecule has 2 fully saturated rings. The van der Waals surface area contributed by atoms with Crippen LogP contribution in [0.2, 0.25) is 0 Å². The predicted octanol–water partition coefficient (Wildman–Crippen LogP) is 2.82. The van der Waals surface area contributed by atoms with Crippen molar-refractivity contribution in [2.75, 3.05) is 11.9 Å². The smallest absolute Gasteiger partial charge is 0.322 e. The number of likely N-dealkylation sites (tertiary alicyclic amines) is 1. The number of rotatable bonds is 3. The predicted molar refractivity (Wildman–Crippen MR) is 79.4 cm³/mol. The van der Waals surface area contributed by atoms with Gasteiger partial charge in [0.15, 0.2) is 0 Å². The van der Waals surface area contributed by atoms with Crippen molar-refractivity contribution in [3.63, 3.8) is 0 Å². The lowest BCUT2D eigenvalue weighted by atomic mass is 9.96. The van der Waals surface area contributed by atoms with E-state index >= 15 is 0 Å². The summed E-state index contributed by atoms with van der Waals surface area (Å²) in [6.45, 7) is 2.85.